The van der Waals surface area contributed by atoms with E-state index in [0.717, 1.165) is 11.1 Å². The Morgan fingerprint density at radius 3 is 2.59 bits per heavy atom. The second-order valence-corrected chi connectivity index (χ2v) is 6.79. The predicted octanol–water partition coefficient (Wildman–Crippen LogP) is 2.53. The monoisotopic (exact) mass is 370 g/mol. The fourth-order valence-corrected chi connectivity index (χ4v) is 2.26. The third kappa shape index (κ3) is 6.07. The molecule has 0 unspecified atom stereocenters. The van der Waals surface area contributed by atoms with Crippen molar-refractivity contribution < 1.29 is 14.3 Å². The summed E-state index contributed by atoms with van der Waals surface area (Å²) in [4.78, 5) is 28.1. The minimum absolute atomic E-state index is 0.0000921. The molecule has 27 heavy (non-hydrogen) atoms. The van der Waals surface area contributed by atoms with Gasteiger partial charge in [0.15, 0.2) is 0 Å². The van der Waals surface area contributed by atoms with E-state index in [1.165, 1.54) is 0 Å². The normalized spacial score (nSPS) is 11.8. The quantitative estimate of drug-likeness (QED) is 0.694. The van der Waals surface area contributed by atoms with E-state index in [9.17, 15) is 9.59 Å². The van der Waals surface area contributed by atoms with E-state index in [-0.39, 0.29) is 24.3 Å². The van der Waals surface area contributed by atoms with E-state index in [4.69, 9.17) is 10.5 Å². The third-order valence-electron chi connectivity index (χ3n) is 4.02. The predicted molar refractivity (Wildman–Crippen MR) is 105 cm³/mol. The molecule has 0 spiro atoms. The van der Waals surface area contributed by atoms with Gasteiger partial charge in [-0.05, 0) is 43.0 Å². The lowest BCUT2D eigenvalue weighted by Crippen LogP contribution is -2.46. The number of hydrogen-bond donors (Lipinski definition) is 3. The Morgan fingerprint density at radius 1 is 1.19 bits per heavy atom. The minimum atomic E-state index is -0.640. The molecule has 0 aliphatic heterocycles. The fraction of sp³-hybridized carbons (Fsp3) is 0.350. The Hall–Kier alpha value is -2.93. The van der Waals surface area contributed by atoms with Gasteiger partial charge < -0.3 is 21.1 Å². The van der Waals surface area contributed by atoms with Crippen LogP contribution >= 0.6 is 0 Å². The summed E-state index contributed by atoms with van der Waals surface area (Å²) in [5, 5.41) is 5.27. The Bertz CT molecular complexity index is 821. The second-order valence-electron chi connectivity index (χ2n) is 6.79. The Balaban J connectivity index is 1.98. The number of carbonyl (C=O) groups excluding carboxylic acids is 2. The lowest BCUT2D eigenvalue weighted by Gasteiger charge is -2.15. The summed E-state index contributed by atoms with van der Waals surface area (Å²) in [6, 6.07) is 8.41. The highest BCUT2D eigenvalue weighted by atomic mass is 16.5. The van der Waals surface area contributed by atoms with Crippen LogP contribution in [0.15, 0.2) is 36.5 Å². The molecule has 1 atom stereocenters. The summed E-state index contributed by atoms with van der Waals surface area (Å²) in [7, 11) is 0. The van der Waals surface area contributed by atoms with Crippen molar-refractivity contribution in [3.05, 3.63) is 47.7 Å². The van der Waals surface area contributed by atoms with Gasteiger partial charge in [-0.1, -0.05) is 19.9 Å². The van der Waals surface area contributed by atoms with Gasteiger partial charge in [0.1, 0.15) is 5.75 Å². The van der Waals surface area contributed by atoms with Crippen molar-refractivity contribution in [2.75, 3.05) is 11.9 Å². The molecule has 0 radical (unpaired) electrons. The number of ether oxygens (including phenoxy) is 1. The maximum atomic E-state index is 12.1. The highest BCUT2D eigenvalue weighted by Gasteiger charge is 2.17. The number of aromatic nitrogens is 1. The molecular weight excluding hydrogens is 344 g/mol. The molecule has 0 aliphatic rings. The van der Waals surface area contributed by atoms with Gasteiger partial charge in [0.2, 0.25) is 17.7 Å². The Labute approximate surface area is 159 Å². The van der Waals surface area contributed by atoms with Crippen LogP contribution in [0.5, 0.6) is 11.6 Å². The fourth-order valence-electron chi connectivity index (χ4n) is 2.26. The molecule has 0 aliphatic carbocycles. The Morgan fingerprint density at radius 2 is 1.93 bits per heavy atom. The molecule has 0 bridgehead atoms. The molecule has 1 aromatic heterocycles. The van der Waals surface area contributed by atoms with E-state index >= 15 is 0 Å². The molecular formula is C20H26N4O3. The van der Waals surface area contributed by atoms with Gasteiger partial charge in [0.05, 0.1) is 12.6 Å². The van der Waals surface area contributed by atoms with Crippen LogP contribution in [0.25, 0.3) is 0 Å². The molecule has 144 valence electrons. The van der Waals surface area contributed by atoms with Gasteiger partial charge in [-0.2, -0.15) is 0 Å². The lowest BCUT2D eigenvalue weighted by atomic mass is 10.1. The van der Waals surface area contributed by atoms with Crippen LogP contribution in [0.3, 0.4) is 0 Å². The molecule has 7 heteroatoms. The van der Waals surface area contributed by atoms with Crippen LogP contribution in [0.4, 0.5) is 5.69 Å². The summed E-state index contributed by atoms with van der Waals surface area (Å²) in [6.07, 6.45) is 1.68. The van der Waals surface area contributed by atoms with Gasteiger partial charge in [0.25, 0.3) is 0 Å². The van der Waals surface area contributed by atoms with Gasteiger partial charge >= 0.3 is 0 Å². The molecule has 0 saturated carbocycles. The molecule has 2 aromatic rings. The van der Waals surface area contributed by atoms with Crippen LogP contribution in [0.1, 0.15) is 25.0 Å². The van der Waals surface area contributed by atoms with Gasteiger partial charge in [-0.15, -0.1) is 0 Å². The first-order chi connectivity index (χ1) is 12.8. The van der Waals surface area contributed by atoms with Crippen molar-refractivity contribution in [3.8, 4) is 11.6 Å². The topological polar surface area (TPSA) is 106 Å². The van der Waals surface area contributed by atoms with Gasteiger partial charge in [-0.25, -0.2) is 4.98 Å². The maximum Gasteiger partial charge on any atom is 0.243 e. The van der Waals surface area contributed by atoms with Crippen molar-refractivity contribution in [1.29, 1.82) is 0 Å². The van der Waals surface area contributed by atoms with Crippen LogP contribution in [-0.4, -0.2) is 29.4 Å². The zero-order valence-corrected chi connectivity index (χ0v) is 16.1. The number of hydrogen-bond acceptors (Lipinski definition) is 5. The largest absolute Gasteiger partial charge is 0.439 e. The van der Waals surface area contributed by atoms with Crippen LogP contribution < -0.4 is 21.1 Å². The van der Waals surface area contributed by atoms with E-state index in [1.54, 1.807) is 18.3 Å². The number of pyridine rings is 1. The number of amides is 2. The zero-order chi connectivity index (χ0) is 20.0. The van der Waals surface area contributed by atoms with Crippen LogP contribution in [-0.2, 0) is 9.59 Å². The molecule has 2 rings (SSSR count). The van der Waals surface area contributed by atoms with Crippen LogP contribution in [0, 0.1) is 19.8 Å². The maximum absolute atomic E-state index is 12.1. The number of nitrogens with one attached hydrogen (secondary N) is 2. The molecule has 1 aromatic carbocycles. The second kappa shape index (κ2) is 9.14. The van der Waals surface area contributed by atoms with Crippen molar-refractivity contribution in [2.45, 2.75) is 33.7 Å². The van der Waals surface area contributed by atoms with E-state index in [0.29, 0.717) is 17.3 Å². The number of nitrogens with zero attached hydrogens (tertiary/aromatic N) is 1. The van der Waals surface area contributed by atoms with Crippen molar-refractivity contribution in [3.63, 3.8) is 0 Å². The average Bonchev–Trinajstić information content (AvgIpc) is 2.61. The molecule has 1 heterocycles. The standard InChI is InChI=1S/C20H26N4O3/c1-12(2)19(21)20(26)23-11-17(25)24-15-6-5-14(4)16(10-15)27-18-9-13(3)7-8-22-18/h5-10,12,19H,11,21H2,1-4H3,(H,23,26)(H,24,25)/t19-/m0/s1. The number of nitrogens with two attached hydrogens (primary N) is 1. The smallest absolute Gasteiger partial charge is 0.243 e. The lowest BCUT2D eigenvalue weighted by molar-refractivity contribution is -0.125. The summed E-state index contributed by atoms with van der Waals surface area (Å²) in [6.45, 7) is 7.41. The summed E-state index contributed by atoms with van der Waals surface area (Å²) in [5.74, 6) is 0.384. The molecule has 0 saturated heterocycles. The van der Waals surface area contributed by atoms with Gasteiger partial charge in [0, 0.05) is 24.0 Å². The van der Waals surface area contributed by atoms with E-state index in [2.05, 4.69) is 15.6 Å². The summed E-state index contributed by atoms with van der Waals surface area (Å²) < 4.78 is 5.82. The molecule has 0 fully saturated rings. The first-order valence-electron chi connectivity index (χ1n) is 8.80. The zero-order valence-electron chi connectivity index (χ0n) is 16.1. The summed E-state index contributed by atoms with van der Waals surface area (Å²) >= 11 is 0. The molecule has 4 N–H and O–H groups in total. The van der Waals surface area contributed by atoms with Crippen molar-refractivity contribution in [1.82, 2.24) is 10.3 Å². The van der Waals surface area contributed by atoms with Crippen molar-refractivity contribution in [2.24, 2.45) is 11.7 Å². The number of aryl methyl sites for hydroxylation is 2. The third-order valence-corrected chi connectivity index (χ3v) is 4.02. The van der Waals surface area contributed by atoms with E-state index in [1.807, 2.05) is 45.9 Å². The van der Waals surface area contributed by atoms with Crippen molar-refractivity contribution >= 4 is 17.5 Å². The molecule has 2 amide bonds. The minimum Gasteiger partial charge on any atom is -0.439 e. The number of rotatable bonds is 7. The average molecular weight is 370 g/mol. The first-order valence-corrected chi connectivity index (χ1v) is 8.80. The van der Waals surface area contributed by atoms with Gasteiger partial charge in [-0.3, -0.25) is 9.59 Å². The van der Waals surface area contributed by atoms with Crippen LogP contribution in [0.2, 0.25) is 0 Å². The number of anilines is 1. The highest BCUT2D eigenvalue weighted by Crippen LogP contribution is 2.27. The molecule has 7 nitrogen and oxygen atoms in total. The SMILES string of the molecule is Cc1ccnc(Oc2cc(NC(=O)CNC(=O)[C@@H](N)C(C)C)ccc2C)c1. The number of carbonyl (C=O) groups is 2. The highest BCUT2D eigenvalue weighted by molar-refractivity contribution is 5.95. The summed E-state index contributed by atoms with van der Waals surface area (Å²) in [5.41, 5.74) is 8.27. The first kappa shape index (κ1) is 20.4. The van der Waals surface area contributed by atoms with E-state index < -0.39 is 6.04 Å². The number of benzene rings is 1. The Kier molecular flexibility index (Phi) is 6.90.